The molecule has 0 unspecified atom stereocenters. The Kier molecular flexibility index (Phi) is 5.10. The molecule has 2 nitrogen and oxygen atoms in total. The van der Waals surface area contributed by atoms with Crippen molar-refractivity contribution in [3.8, 4) is 5.75 Å². The van der Waals surface area contributed by atoms with Crippen molar-refractivity contribution in [3.63, 3.8) is 0 Å². The molecule has 0 aliphatic rings. The van der Waals surface area contributed by atoms with Gasteiger partial charge in [-0.25, -0.2) is 0 Å². The van der Waals surface area contributed by atoms with Gasteiger partial charge in [-0.05, 0) is 43.0 Å². The second kappa shape index (κ2) is 6.12. The van der Waals surface area contributed by atoms with Gasteiger partial charge in [0.05, 0.1) is 7.11 Å². The molecule has 0 spiro atoms. The van der Waals surface area contributed by atoms with Crippen molar-refractivity contribution in [2.75, 3.05) is 13.7 Å². The molecule has 0 saturated carbocycles. The second-order valence-electron chi connectivity index (χ2n) is 4.24. The zero-order valence-electron chi connectivity index (χ0n) is 10.2. The third-order valence-corrected chi connectivity index (χ3v) is 2.93. The minimum absolute atomic E-state index is 0.367. The highest BCUT2D eigenvalue weighted by atomic mass is 35.5. The van der Waals surface area contributed by atoms with Crippen molar-refractivity contribution in [2.24, 2.45) is 5.73 Å². The lowest BCUT2D eigenvalue weighted by molar-refractivity contribution is 0.407. The number of benzene rings is 1. The Morgan fingerprint density at radius 1 is 1.38 bits per heavy atom. The summed E-state index contributed by atoms with van der Waals surface area (Å²) in [6, 6.07) is 4.09. The highest BCUT2D eigenvalue weighted by Crippen LogP contribution is 2.34. The largest absolute Gasteiger partial charge is 0.496 e. The topological polar surface area (TPSA) is 35.2 Å². The van der Waals surface area contributed by atoms with Crippen LogP contribution in [0.1, 0.15) is 37.3 Å². The average molecular weight is 242 g/mol. The number of hydrogen-bond donors (Lipinski definition) is 1. The van der Waals surface area contributed by atoms with Crippen molar-refractivity contribution in [1.29, 1.82) is 0 Å². The van der Waals surface area contributed by atoms with E-state index in [4.69, 9.17) is 22.1 Å². The van der Waals surface area contributed by atoms with Crippen LogP contribution in [0.3, 0.4) is 0 Å². The minimum Gasteiger partial charge on any atom is -0.496 e. The molecule has 3 heteroatoms. The molecule has 0 aromatic heterocycles. The van der Waals surface area contributed by atoms with Gasteiger partial charge in [-0.2, -0.15) is 0 Å². The molecule has 0 radical (unpaired) electrons. The number of nitrogens with two attached hydrogens (primary N) is 1. The Morgan fingerprint density at radius 3 is 2.56 bits per heavy atom. The number of rotatable bonds is 5. The van der Waals surface area contributed by atoms with Crippen LogP contribution in [0, 0.1) is 0 Å². The predicted molar refractivity (Wildman–Crippen MR) is 69.5 cm³/mol. The molecule has 1 aromatic carbocycles. The predicted octanol–water partition coefficient (Wildman–Crippen LogP) is 3.36. The maximum absolute atomic E-state index is 6.28. The van der Waals surface area contributed by atoms with E-state index in [1.807, 2.05) is 6.07 Å². The lowest BCUT2D eigenvalue weighted by atomic mass is 9.98. The van der Waals surface area contributed by atoms with Gasteiger partial charge in [0.1, 0.15) is 5.75 Å². The summed E-state index contributed by atoms with van der Waals surface area (Å²) in [6.45, 7) is 4.93. The molecule has 0 aliphatic carbocycles. The van der Waals surface area contributed by atoms with Crippen LogP contribution in [0.4, 0.5) is 0 Å². The first-order valence-corrected chi connectivity index (χ1v) is 6.04. The Balaban J connectivity index is 3.06. The van der Waals surface area contributed by atoms with E-state index in [1.54, 1.807) is 7.11 Å². The fourth-order valence-corrected chi connectivity index (χ4v) is 2.28. The smallest absolute Gasteiger partial charge is 0.124 e. The van der Waals surface area contributed by atoms with Crippen LogP contribution in [0.5, 0.6) is 5.75 Å². The van der Waals surface area contributed by atoms with E-state index in [2.05, 4.69) is 19.9 Å². The third-order valence-electron chi connectivity index (χ3n) is 2.62. The van der Waals surface area contributed by atoms with Crippen molar-refractivity contribution >= 4 is 11.6 Å². The number of halogens is 1. The van der Waals surface area contributed by atoms with Gasteiger partial charge < -0.3 is 10.5 Å². The van der Waals surface area contributed by atoms with Crippen LogP contribution < -0.4 is 10.5 Å². The fraction of sp³-hybridized carbons (Fsp3) is 0.538. The van der Waals surface area contributed by atoms with E-state index in [1.165, 1.54) is 5.56 Å². The zero-order valence-corrected chi connectivity index (χ0v) is 11.0. The summed E-state index contributed by atoms with van der Waals surface area (Å²) in [5.41, 5.74) is 7.77. The molecule has 0 aliphatic heterocycles. The Bertz CT molecular complexity index is 350. The summed E-state index contributed by atoms with van der Waals surface area (Å²) in [5.74, 6) is 1.25. The molecule has 1 aromatic rings. The molecule has 0 heterocycles. The highest BCUT2D eigenvalue weighted by molar-refractivity contribution is 6.31. The van der Waals surface area contributed by atoms with Crippen LogP contribution in [0.15, 0.2) is 12.1 Å². The van der Waals surface area contributed by atoms with Gasteiger partial charge in [-0.1, -0.05) is 25.4 Å². The van der Waals surface area contributed by atoms with Gasteiger partial charge in [0.25, 0.3) is 0 Å². The first-order valence-electron chi connectivity index (χ1n) is 5.66. The number of aryl methyl sites for hydroxylation is 1. The normalized spacial score (nSPS) is 10.9. The number of methoxy groups -OCH3 is 1. The summed E-state index contributed by atoms with van der Waals surface area (Å²) >= 11 is 6.28. The molecular formula is C13H20ClNO. The van der Waals surface area contributed by atoms with Crippen molar-refractivity contribution in [2.45, 2.75) is 32.6 Å². The first-order chi connectivity index (χ1) is 7.60. The molecule has 0 saturated heterocycles. The molecule has 2 N–H and O–H groups in total. The second-order valence-corrected chi connectivity index (χ2v) is 4.65. The highest BCUT2D eigenvalue weighted by Gasteiger charge is 2.13. The summed E-state index contributed by atoms with van der Waals surface area (Å²) in [7, 11) is 1.68. The Morgan fingerprint density at radius 2 is 2.06 bits per heavy atom. The molecule has 0 bridgehead atoms. The van der Waals surface area contributed by atoms with Gasteiger partial charge in [0.2, 0.25) is 0 Å². The minimum atomic E-state index is 0.367. The van der Waals surface area contributed by atoms with E-state index >= 15 is 0 Å². The third kappa shape index (κ3) is 3.13. The van der Waals surface area contributed by atoms with Crippen LogP contribution in [-0.2, 0) is 6.42 Å². The number of ether oxygens (including phenoxy) is 1. The summed E-state index contributed by atoms with van der Waals surface area (Å²) in [4.78, 5) is 0. The summed E-state index contributed by atoms with van der Waals surface area (Å²) < 4.78 is 5.39. The van der Waals surface area contributed by atoms with Crippen LogP contribution >= 0.6 is 11.6 Å². The van der Waals surface area contributed by atoms with Crippen LogP contribution in [0.25, 0.3) is 0 Å². The monoisotopic (exact) mass is 241 g/mol. The average Bonchev–Trinajstić information content (AvgIpc) is 2.24. The van der Waals surface area contributed by atoms with E-state index in [0.29, 0.717) is 12.5 Å². The van der Waals surface area contributed by atoms with E-state index in [-0.39, 0.29) is 0 Å². The van der Waals surface area contributed by atoms with E-state index in [0.717, 1.165) is 29.2 Å². The SMILES string of the molecule is COc1cc(CCCN)cc(Cl)c1C(C)C. The maximum Gasteiger partial charge on any atom is 0.124 e. The van der Waals surface area contributed by atoms with Gasteiger partial charge >= 0.3 is 0 Å². The van der Waals surface area contributed by atoms with Crippen LogP contribution in [-0.4, -0.2) is 13.7 Å². The lowest BCUT2D eigenvalue weighted by Crippen LogP contribution is -2.02. The van der Waals surface area contributed by atoms with Crippen molar-refractivity contribution in [3.05, 3.63) is 28.3 Å². The summed E-state index contributed by atoms with van der Waals surface area (Å²) in [5, 5.41) is 0.793. The van der Waals surface area contributed by atoms with Gasteiger partial charge in [-0.15, -0.1) is 0 Å². The molecular weight excluding hydrogens is 222 g/mol. The van der Waals surface area contributed by atoms with Crippen molar-refractivity contribution < 1.29 is 4.74 Å². The van der Waals surface area contributed by atoms with E-state index < -0.39 is 0 Å². The maximum atomic E-state index is 6.28. The standard InChI is InChI=1S/C13H20ClNO/c1-9(2)13-11(14)7-10(5-4-6-15)8-12(13)16-3/h7-9H,4-6,15H2,1-3H3. The van der Waals surface area contributed by atoms with Gasteiger partial charge in [0.15, 0.2) is 0 Å². The molecule has 0 amide bonds. The van der Waals surface area contributed by atoms with E-state index in [9.17, 15) is 0 Å². The first kappa shape index (κ1) is 13.3. The summed E-state index contributed by atoms with van der Waals surface area (Å²) in [6.07, 6.45) is 1.92. The fourth-order valence-electron chi connectivity index (χ4n) is 1.83. The lowest BCUT2D eigenvalue weighted by Gasteiger charge is -2.15. The number of hydrogen-bond acceptors (Lipinski definition) is 2. The van der Waals surface area contributed by atoms with Gasteiger partial charge in [-0.3, -0.25) is 0 Å². The molecule has 0 atom stereocenters. The molecule has 16 heavy (non-hydrogen) atoms. The Labute approximate surface area is 103 Å². The Hall–Kier alpha value is -0.730. The molecule has 90 valence electrons. The molecule has 0 fully saturated rings. The quantitative estimate of drug-likeness (QED) is 0.858. The zero-order chi connectivity index (χ0) is 12.1. The van der Waals surface area contributed by atoms with Crippen LogP contribution in [0.2, 0.25) is 5.02 Å². The van der Waals surface area contributed by atoms with Crippen molar-refractivity contribution in [1.82, 2.24) is 0 Å². The van der Waals surface area contributed by atoms with Gasteiger partial charge in [0, 0.05) is 10.6 Å². The molecule has 1 rings (SSSR count).